The van der Waals surface area contributed by atoms with Crippen molar-refractivity contribution in [3.05, 3.63) is 42.0 Å². The van der Waals surface area contributed by atoms with Gasteiger partial charge < -0.3 is 15.2 Å². The molecular formula is C18H21NO5. The van der Waals surface area contributed by atoms with Crippen LogP contribution >= 0.6 is 0 Å². The molecule has 1 amide bonds. The first-order chi connectivity index (χ1) is 11.4. The van der Waals surface area contributed by atoms with Crippen LogP contribution in [-0.4, -0.2) is 29.6 Å². The zero-order valence-electron chi connectivity index (χ0n) is 13.7. The van der Waals surface area contributed by atoms with Gasteiger partial charge in [-0.05, 0) is 51.0 Å². The molecule has 6 heteroatoms. The minimum Gasteiger partial charge on any atom is -0.481 e. The Hall–Kier alpha value is -2.63. The van der Waals surface area contributed by atoms with Crippen LogP contribution in [0.25, 0.3) is 0 Å². The number of nitrogens with one attached hydrogen (secondary N) is 1. The smallest absolute Gasteiger partial charge is 0.338 e. The highest BCUT2D eigenvalue weighted by atomic mass is 16.5. The molecule has 0 saturated carbocycles. The van der Waals surface area contributed by atoms with Crippen LogP contribution < -0.4 is 5.32 Å². The molecule has 0 fully saturated rings. The zero-order valence-corrected chi connectivity index (χ0v) is 13.7. The second kappa shape index (κ2) is 7.29. The molecule has 128 valence electrons. The molecule has 2 N–H and O–H groups in total. The van der Waals surface area contributed by atoms with Crippen molar-refractivity contribution in [3.8, 4) is 0 Å². The molecule has 2 rings (SSSR count). The number of hydrogen-bond acceptors (Lipinski definition) is 4. The van der Waals surface area contributed by atoms with Crippen LogP contribution in [0.5, 0.6) is 0 Å². The van der Waals surface area contributed by atoms with Crippen molar-refractivity contribution in [1.82, 2.24) is 0 Å². The van der Waals surface area contributed by atoms with E-state index in [-0.39, 0.29) is 5.91 Å². The number of aliphatic carboxylic acids is 1. The van der Waals surface area contributed by atoms with E-state index in [4.69, 9.17) is 4.74 Å². The summed E-state index contributed by atoms with van der Waals surface area (Å²) in [6.07, 6.45) is 4.34. The number of rotatable bonds is 5. The fourth-order valence-corrected chi connectivity index (χ4v) is 2.73. The Morgan fingerprint density at radius 2 is 1.92 bits per heavy atom. The summed E-state index contributed by atoms with van der Waals surface area (Å²) in [5.74, 6) is -2.39. The first-order valence-electron chi connectivity index (χ1n) is 7.85. The van der Waals surface area contributed by atoms with Gasteiger partial charge in [0.15, 0.2) is 0 Å². The Balaban J connectivity index is 2.10. The van der Waals surface area contributed by atoms with E-state index in [9.17, 15) is 19.5 Å². The van der Waals surface area contributed by atoms with Crippen LogP contribution in [0, 0.1) is 11.3 Å². The van der Waals surface area contributed by atoms with Gasteiger partial charge in [-0.1, -0.05) is 12.2 Å². The molecular weight excluding hydrogens is 310 g/mol. The maximum Gasteiger partial charge on any atom is 0.338 e. The third-order valence-electron chi connectivity index (χ3n) is 4.32. The summed E-state index contributed by atoms with van der Waals surface area (Å²) >= 11 is 0. The minimum absolute atomic E-state index is 0.292. The molecule has 24 heavy (non-hydrogen) atoms. The predicted molar refractivity (Wildman–Crippen MR) is 88.6 cm³/mol. The lowest BCUT2D eigenvalue weighted by atomic mass is 9.69. The highest BCUT2D eigenvalue weighted by Crippen LogP contribution is 2.38. The summed E-state index contributed by atoms with van der Waals surface area (Å²) in [7, 11) is 0. The van der Waals surface area contributed by atoms with E-state index < -0.39 is 23.3 Å². The molecule has 0 spiro atoms. The number of benzene rings is 1. The van der Waals surface area contributed by atoms with E-state index in [0.29, 0.717) is 30.7 Å². The van der Waals surface area contributed by atoms with Crippen molar-refractivity contribution in [2.45, 2.75) is 26.7 Å². The zero-order chi connectivity index (χ0) is 17.7. The van der Waals surface area contributed by atoms with Gasteiger partial charge in [0.25, 0.3) is 0 Å². The summed E-state index contributed by atoms with van der Waals surface area (Å²) in [4.78, 5) is 35.7. The molecule has 1 aromatic carbocycles. The molecule has 0 unspecified atom stereocenters. The van der Waals surface area contributed by atoms with Crippen LogP contribution in [0.3, 0.4) is 0 Å². The third kappa shape index (κ3) is 3.64. The second-order valence-electron chi connectivity index (χ2n) is 5.97. The number of allylic oxidation sites excluding steroid dienone is 2. The fourth-order valence-electron chi connectivity index (χ4n) is 2.73. The third-order valence-corrected chi connectivity index (χ3v) is 4.32. The maximum absolute atomic E-state index is 12.5. The van der Waals surface area contributed by atoms with Gasteiger partial charge >= 0.3 is 11.9 Å². The van der Waals surface area contributed by atoms with E-state index in [0.717, 1.165) is 0 Å². The molecule has 0 saturated heterocycles. The van der Waals surface area contributed by atoms with Gasteiger partial charge in [0.2, 0.25) is 5.91 Å². The number of carboxylic acid groups (broad SMARTS) is 1. The van der Waals surface area contributed by atoms with Gasteiger partial charge in [-0.3, -0.25) is 9.59 Å². The second-order valence-corrected chi connectivity index (χ2v) is 5.97. The number of hydrogen-bond donors (Lipinski definition) is 2. The largest absolute Gasteiger partial charge is 0.481 e. The quantitative estimate of drug-likeness (QED) is 0.639. The molecule has 2 atom stereocenters. The number of ether oxygens (including phenoxy) is 1. The van der Waals surface area contributed by atoms with Gasteiger partial charge in [-0.25, -0.2) is 4.79 Å². The van der Waals surface area contributed by atoms with E-state index in [1.165, 1.54) is 0 Å². The maximum atomic E-state index is 12.5. The van der Waals surface area contributed by atoms with Gasteiger partial charge in [-0.2, -0.15) is 0 Å². The first-order valence-corrected chi connectivity index (χ1v) is 7.85. The molecule has 1 aromatic rings. The number of amides is 1. The van der Waals surface area contributed by atoms with Gasteiger partial charge in [0.1, 0.15) is 0 Å². The summed E-state index contributed by atoms with van der Waals surface area (Å²) in [6.45, 7) is 3.61. The van der Waals surface area contributed by atoms with E-state index in [2.05, 4.69) is 5.32 Å². The predicted octanol–water partition coefficient (Wildman–Crippen LogP) is 2.86. The normalized spacial score (nSPS) is 22.7. The number of carboxylic acids is 1. The summed E-state index contributed by atoms with van der Waals surface area (Å²) in [6, 6.07) is 6.32. The van der Waals surface area contributed by atoms with Crippen LogP contribution in [-0.2, 0) is 14.3 Å². The highest BCUT2D eigenvalue weighted by molar-refractivity contribution is 5.97. The molecule has 0 aliphatic heterocycles. The Bertz CT molecular complexity index is 664. The molecule has 0 aromatic heterocycles. The van der Waals surface area contributed by atoms with Crippen molar-refractivity contribution < 1.29 is 24.2 Å². The molecule has 0 bridgehead atoms. The Morgan fingerprint density at radius 3 is 2.50 bits per heavy atom. The van der Waals surface area contributed by atoms with Crippen LogP contribution in [0.1, 0.15) is 37.0 Å². The molecule has 0 heterocycles. The summed E-state index contributed by atoms with van der Waals surface area (Å²) < 4.78 is 4.90. The first kappa shape index (κ1) is 17.7. The van der Waals surface area contributed by atoms with E-state index in [1.807, 2.05) is 6.08 Å². The van der Waals surface area contributed by atoms with Gasteiger partial charge in [0, 0.05) is 5.69 Å². The number of esters is 1. The van der Waals surface area contributed by atoms with E-state index >= 15 is 0 Å². The molecule has 0 radical (unpaired) electrons. The van der Waals surface area contributed by atoms with Crippen molar-refractivity contribution >= 4 is 23.5 Å². The number of carbonyl (C=O) groups excluding carboxylic acids is 2. The lowest BCUT2D eigenvalue weighted by Crippen LogP contribution is -2.43. The lowest BCUT2D eigenvalue weighted by Gasteiger charge is -2.34. The van der Waals surface area contributed by atoms with Crippen molar-refractivity contribution in [2.24, 2.45) is 11.3 Å². The van der Waals surface area contributed by atoms with Crippen molar-refractivity contribution in [1.29, 1.82) is 0 Å². The van der Waals surface area contributed by atoms with Crippen molar-refractivity contribution in [3.63, 3.8) is 0 Å². The van der Waals surface area contributed by atoms with Crippen LogP contribution in [0.4, 0.5) is 5.69 Å². The molecule has 1 aliphatic carbocycles. The lowest BCUT2D eigenvalue weighted by molar-refractivity contribution is -0.154. The number of carbonyl (C=O) groups is 3. The summed E-state index contributed by atoms with van der Waals surface area (Å²) in [5.41, 5.74) is -0.217. The number of anilines is 1. The van der Waals surface area contributed by atoms with Gasteiger partial charge in [0.05, 0.1) is 23.5 Å². The minimum atomic E-state index is -1.12. The van der Waals surface area contributed by atoms with Crippen LogP contribution in [0.15, 0.2) is 36.4 Å². The van der Waals surface area contributed by atoms with Gasteiger partial charge in [-0.15, -0.1) is 0 Å². The molecule has 1 aliphatic rings. The highest BCUT2D eigenvalue weighted by Gasteiger charge is 2.45. The Kier molecular flexibility index (Phi) is 5.39. The average Bonchev–Trinajstić information content (AvgIpc) is 2.56. The Morgan fingerprint density at radius 1 is 1.25 bits per heavy atom. The topological polar surface area (TPSA) is 92.7 Å². The SMILES string of the molecule is CCOC(=O)c1ccc(NC(=O)[C@@H]2CC=CC[C@]2(C)C(=O)O)cc1. The standard InChI is InChI=1S/C18H21NO5/c1-3-24-16(21)12-7-9-13(10-8-12)19-15(20)14-6-4-5-11-18(14,2)17(22)23/h4-5,7-10,14H,3,6,11H2,1-2H3,(H,19,20)(H,22,23)/t14-,18-/m0/s1. The van der Waals surface area contributed by atoms with Crippen LogP contribution in [0.2, 0.25) is 0 Å². The van der Waals surface area contributed by atoms with E-state index in [1.54, 1.807) is 44.2 Å². The molecule has 6 nitrogen and oxygen atoms in total. The Labute approximate surface area is 140 Å². The van der Waals surface area contributed by atoms with Crippen molar-refractivity contribution in [2.75, 3.05) is 11.9 Å². The monoisotopic (exact) mass is 331 g/mol. The fraction of sp³-hybridized carbons (Fsp3) is 0.389. The average molecular weight is 331 g/mol. The summed E-state index contributed by atoms with van der Waals surface area (Å²) in [5, 5.41) is 12.2.